The molecule has 0 amide bonds. The first-order valence-corrected chi connectivity index (χ1v) is 19.6. The molecular formula is C44H43N3O14. The van der Waals surface area contributed by atoms with Gasteiger partial charge in [-0.25, -0.2) is 0 Å². The van der Waals surface area contributed by atoms with Gasteiger partial charge in [-0.15, -0.1) is 0 Å². The second-order valence-corrected chi connectivity index (χ2v) is 15.3. The molecule has 61 heavy (non-hydrogen) atoms. The van der Waals surface area contributed by atoms with Gasteiger partial charge >= 0.3 is 11.9 Å². The van der Waals surface area contributed by atoms with E-state index in [4.69, 9.17) is 43.9 Å². The summed E-state index contributed by atoms with van der Waals surface area (Å²) in [5, 5.41) is 57.4. The number of nitrogens with zero attached hydrogens (tertiary/aromatic N) is 1. The summed E-state index contributed by atoms with van der Waals surface area (Å²) in [6.45, 7) is -0.285. The highest BCUT2D eigenvalue weighted by molar-refractivity contribution is 5.90. The number of carboxylic acids is 1. The maximum Gasteiger partial charge on any atom is 0.317 e. The van der Waals surface area contributed by atoms with Crippen molar-refractivity contribution in [1.82, 2.24) is 5.32 Å². The van der Waals surface area contributed by atoms with Crippen molar-refractivity contribution in [1.29, 1.82) is 0 Å². The maximum absolute atomic E-state index is 12.6. The summed E-state index contributed by atoms with van der Waals surface area (Å²) in [6.07, 6.45) is -9.32. The van der Waals surface area contributed by atoms with Crippen molar-refractivity contribution >= 4 is 17.5 Å². The molecule has 10 atom stereocenters. The number of nitrogens with two attached hydrogens (primary N) is 1. The largest absolute Gasteiger partial charge is 0.490 e. The van der Waals surface area contributed by atoms with Crippen LogP contribution in [-0.4, -0.2) is 106 Å². The number of carbonyl (C=O) groups excluding carboxylic acids is 1. The Bertz CT molecular complexity index is 2520. The monoisotopic (exact) mass is 837 g/mol. The first kappa shape index (κ1) is 40.2. The van der Waals surface area contributed by atoms with E-state index in [1.165, 1.54) is 19.4 Å². The number of hydrogen-bond donors (Lipinski definition) is 7. The molecule has 0 bridgehead atoms. The summed E-state index contributed by atoms with van der Waals surface area (Å²) in [5.74, 6) is -1.45. The standard InChI is InChI=1S/C44H43N3O14/c1-55-38-28(56-20-48)12-11-24-33-29(15-21-7-3-2-4-8-21)58-30-17-22(16-25(34(30)39(33)60-37(24)38)26-19-47-27-10-6-5-9-23(26)27)57-43-36(53)35(52)40(54)44(61-43)13-14-46-42(45)41(44)59-32(51)18-31(49)50/h2-14,16-17,29,33,35-36,39-43,46,48,52-54H,15,18-20,45H2,1H3,(H,49,50). The van der Waals surface area contributed by atoms with Crippen molar-refractivity contribution in [3.8, 4) is 28.7 Å². The number of methoxy groups -OCH3 is 1. The van der Waals surface area contributed by atoms with Crippen LogP contribution in [0.15, 0.2) is 96.1 Å². The number of ether oxygens (including phenoxy) is 7. The van der Waals surface area contributed by atoms with Crippen LogP contribution in [0.5, 0.6) is 28.7 Å². The van der Waals surface area contributed by atoms with Gasteiger partial charge < -0.3 is 69.7 Å². The van der Waals surface area contributed by atoms with E-state index >= 15 is 0 Å². The summed E-state index contributed by atoms with van der Waals surface area (Å²) < 4.78 is 43.4. The molecule has 17 nitrogen and oxygen atoms in total. The van der Waals surface area contributed by atoms with Crippen LogP contribution in [0.4, 0.5) is 0 Å². The number of aliphatic carboxylic acids is 1. The zero-order valence-corrected chi connectivity index (χ0v) is 32.6. The Balaban J connectivity index is 1.17. The van der Waals surface area contributed by atoms with Gasteiger partial charge in [0.1, 0.15) is 54.6 Å². The lowest BCUT2D eigenvalue weighted by Gasteiger charge is -2.52. The quantitative estimate of drug-likeness (QED) is 0.0615. The average Bonchev–Trinajstić information content (AvgIpc) is 3.86. The smallest absolute Gasteiger partial charge is 0.317 e. The second kappa shape index (κ2) is 16.0. The fourth-order valence-corrected chi connectivity index (χ4v) is 9.01. The van der Waals surface area contributed by atoms with Crippen LogP contribution in [0.2, 0.25) is 0 Å². The fourth-order valence-electron chi connectivity index (χ4n) is 9.01. The molecule has 0 saturated carbocycles. The summed E-state index contributed by atoms with van der Waals surface area (Å²) in [5.41, 5.74) is 8.13. The van der Waals surface area contributed by atoms with Gasteiger partial charge in [-0.3, -0.25) is 14.6 Å². The third-order valence-electron chi connectivity index (χ3n) is 11.7. The molecule has 0 aliphatic carbocycles. The van der Waals surface area contributed by atoms with Crippen LogP contribution < -0.4 is 45.3 Å². The van der Waals surface area contributed by atoms with Crippen LogP contribution >= 0.6 is 0 Å². The molecule has 318 valence electrons. The van der Waals surface area contributed by atoms with Crippen LogP contribution in [-0.2, 0) is 25.5 Å². The molecule has 17 heteroatoms. The number of hydrogen-bond acceptors (Lipinski definition) is 16. The number of fused-ring (bicyclic) bond motifs is 6. The number of carboxylic acid groups (broad SMARTS) is 1. The van der Waals surface area contributed by atoms with Crippen molar-refractivity contribution in [2.24, 2.45) is 10.7 Å². The lowest BCUT2D eigenvalue weighted by atomic mass is 9.79. The molecule has 9 rings (SSSR count). The van der Waals surface area contributed by atoms with Crippen molar-refractivity contribution in [2.75, 3.05) is 20.4 Å². The molecular weight excluding hydrogens is 794 g/mol. The number of nitrogens with one attached hydrogen (secondary N) is 1. The zero-order valence-electron chi connectivity index (χ0n) is 32.6. The molecule has 0 aromatic heterocycles. The van der Waals surface area contributed by atoms with Gasteiger partial charge in [0, 0.05) is 28.8 Å². The van der Waals surface area contributed by atoms with E-state index in [1.54, 1.807) is 18.2 Å². The van der Waals surface area contributed by atoms with Crippen molar-refractivity contribution in [2.45, 2.75) is 73.4 Å². The Kier molecular flexibility index (Phi) is 10.5. The molecule has 5 aliphatic heterocycles. The summed E-state index contributed by atoms with van der Waals surface area (Å²) in [4.78, 5) is 28.8. The van der Waals surface area contributed by atoms with Crippen LogP contribution in [0.3, 0.4) is 0 Å². The van der Waals surface area contributed by atoms with Crippen LogP contribution in [0.25, 0.3) is 5.57 Å². The van der Waals surface area contributed by atoms with E-state index < -0.39 is 79.8 Å². The minimum absolute atomic E-state index is 0.124. The van der Waals surface area contributed by atoms with E-state index in [9.17, 15) is 35.1 Å². The molecule has 8 N–H and O–H groups in total. The number of esters is 1. The minimum Gasteiger partial charge on any atom is -0.490 e. The SMILES string of the molecule is COc1c(OCO)ccc2c1OC1c3c(cc(OC4OC5(C=CNC(N)C5OC(=O)CC(=O)O)C(O)C(O)C4O)cc3C3=c4ccccc4=NC3)OC(Cc3ccccc3)C21. The van der Waals surface area contributed by atoms with Gasteiger partial charge in [0.25, 0.3) is 0 Å². The molecule has 1 saturated heterocycles. The summed E-state index contributed by atoms with van der Waals surface area (Å²) >= 11 is 0. The Morgan fingerprint density at radius 3 is 2.56 bits per heavy atom. The summed E-state index contributed by atoms with van der Waals surface area (Å²) in [7, 11) is 1.50. The number of aliphatic hydroxyl groups excluding tert-OH is 4. The molecule has 5 heterocycles. The molecule has 4 aromatic carbocycles. The third-order valence-corrected chi connectivity index (χ3v) is 11.7. The molecule has 1 spiro atoms. The Hall–Kier alpha value is -6.21. The number of carbonyl (C=O) groups is 2. The first-order chi connectivity index (χ1) is 29.5. The van der Waals surface area contributed by atoms with E-state index in [-0.39, 0.29) is 11.7 Å². The normalized spacial score (nSPS) is 29.1. The first-order valence-electron chi connectivity index (χ1n) is 19.6. The van der Waals surface area contributed by atoms with Crippen LogP contribution in [0, 0.1) is 0 Å². The van der Waals surface area contributed by atoms with Gasteiger partial charge in [-0.2, -0.15) is 0 Å². The van der Waals surface area contributed by atoms with E-state index in [0.29, 0.717) is 47.1 Å². The van der Waals surface area contributed by atoms with Crippen molar-refractivity contribution in [3.63, 3.8) is 0 Å². The van der Waals surface area contributed by atoms with Gasteiger partial charge in [-0.05, 0) is 47.2 Å². The molecule has 4 aromatic rings. The fraction of sp³-hybridized carbons (Fsp3) is 0.341. The minimum atomic E-state index is -2.11. The highest BCUT2D eigenvalue weighted by Crippen LogP contribution is 2.60. The number of para-hydroxylation sites is 1. The second-order valence-electron chi connectivity index (χ2n) is 15.3. The number of benzene rings is 4. The van der Waals surface area contributed by atoms with Gasteiger partial charge in [0.15, 0.2) is 30.0 Å². The van der Waals surface area contributed by atoms with Gasteiger partial charge in [0.05, 0.1) is 24.9 Å². The predicted molar refractivity (Wildman–Crippen MR) is 211 cm³/mol. The molecule has 5 aliphatic rings. The van der Waals surface area contributed by atoms with E-state index in [0.717, 1.165) is 27.3 Å². The highest BCUT2D eigenvalue weighted by Gasteiger charge is 2.61. The van der Waals surface area contributed by atoms with E-state index in [1.807, 2.05) is 60.7 Å². The summed E-state index contributed by atoms with van der Waals surface area (Å²) in [6, 6.07) is 24.5. The van der Waals surface area contributed by atoms with Crippen LogP contribution in [0.1, 0.15) is 40.7 Å². The Labute approximate surface area is 347 Å². The van der Waals surface area contributed by atoms with Gasteiger partial charge in [-0.1, -0.05) is 54.6 Å². The zero-order chi connectivity index (χ0) is 42.6. The Morgan fingerprint density at radius 1 is 1.00 bits per heavy atom. The molecule has 1 fully saturated rings. The Morgan fingerprint density at radius 2 is 1.79 bits per heavy atom. The highest BCUT2D eigenvalue weighted by atomic mass is 16.7. The average molecular weight is 838 g/mol. The third kappa shape index (κ3) is 6.98. The lowest BCUT2D eigenvalue weighted by Crippen LogP contribution is -2.74. The number of rotatable bonds is 11. The predicted octanol–water partition coefficient (Wildman–Crippen LogP) is 0.422. The number of aliphatic hydroxyl groups is 4. The lowest BCUT2D eigenvalue weighted by molar-refractivity contribution is -0.321. The maximum atomic E-state index is 12.6. The van der Waals surface area contributed by atoms with Crippen molar-refractivity contribution < 1.29 is 68.3 Å². The van der Waals surface area contributed by atoms with Gasteiger partial charge in [0.2, 0.25) is 12.0 Å². The van der Waals surface area contributed by atoms with E-state index in [2.05, 4.69) is 5.32 Å². The molecule has 0 radical (unpaired) electrons. The van der Waals surface area contributed by atoms with Crippen molar-refractivity contribution in [3.05, 3.63) is 124 Å². The topological polar surface area (TPSA) is 250 Å². The molecule has 10 unspecified atom stereocenters.